The van der Waals surface area contributed by atoms with Gasteiger partial charge in [-0.1, -0.05) is 12.1 Å². The van der Waals surface area contributed by atoms with Gasteiger partial charge in [0.25, 0.3) is 0 Å². The first kappa shape index (κ1) is 11.2. The minimum absolute atomic E-state index is 0.102. The number of aromatic carboxylic acids is 1. The molecule has 15 heavy (non-hydrogen) atoms. The van der Waals surface area contributed by atoms with E-state index in [1.54, 1.807) is 25.1 Å². The van der Waals surface area contributed by atoms with E-state index in [1.807, 2.05) is 0 Å². The molecule has 0 aliphatic rings. The van der Waals surface area contributed by atoms with Crippen LogP contribution in [-0.4, -0.2) is 17.0 Å². The summed E-state index contributed by atoms with van der Waals surface area (Å²) >= 11 is 0. The molecule has 0 radical (unpaired) electrons. The minimum atomic E-state index is -0.932. The van der Waals surface area contributed by atoms with Crippen molar-refractivity contribution in [1.82, 2.24) is 5.32 Å². The molecule has 4 nitrogen and oxygen atoms in total. The van der Waals surface area contributed by atoms with Crippen LogP contribution in [0.1, 0.15) is 28.4 Å². The van der Waals surface area contributed by atoms with Gasteiger partial charge < -0.3 is 10.4 Å². The van der Waals surface area contributed by atoms with Crippen LogP contribution in [0.4, 0.5) is 0 Å². The average molecular weight is 207 g/mol. The SMILES string of the molecule is CC(=O)NCc1ccc(C(=O)O)c(C)c1. The monoisotopic (exact) mass is 207 g/mol. The van der Waals surface area contributed by atoms with E-state index in [1.165, 1.54) is 6.92 Å². The highest BCUT2D eigenvalue weighted by Crippen LogP contribution is 2.10. The summed E-state index contributed by atoms with van der Waals surface area (Å²) in [5, 5.41) is 11.5. The van der Waals surface area contributed by atoms with Gasteiger partial charge in [0.1, 0.15) is 0 Å². The summed E-state index contributed by atoms with van der Waals surface area (Å²) in [6, 6.07) is 5.01. The number of carbonyl (C=O) groups excluding carboxylic acids is 1. The summed E-state index contributed by atoms with van der Waals surface area (Å²) < 4.78 is 0. The normalized spacial score (nSPS) is 9.73. The van der Waals surface area contributed by atoms with E-state index in [9.17, 15) is 9.59 Å². The van der Waals surface area contributed by atoms with Crippen LogP contribution in [0.2, 0.25) is 0 Å². The molecule has 1 rings (SSSR count). The van der Waals surface area contributed by atoms with Crippen molar-refractivity contribution in [1.29, 1.82) is 0 Å². The number of nitrogens with one attached hydrogen (secondary N) is 1. The number of benzene rings is 1. The molecular weight excluding hydrogens is 194 g/mol. The number of rotatable bonds is 3. The fourth-order valence-electron chi connectivity index (χ4n) is 1.30. The second-order valence-electron chi connectivity index (χ2n) is 3.36. The zero-order chi connectivity index (χ0) is 11.4. The van der Waals surface area contributed by atoms with Crippen molar-refractivity contribution in [2.75, 3.05) is 0 Å². The molecule has 2 N–H and O–H groups in total. The van der Waals surface area contributed by atoms with Crippen LogP contribution in [-0.2, 0) is 11.3 Å². The molecule has 0 saturated carbocycles. The third-order valence-corrected chi connectivity index (χ3v) is 2.06. The van der Waals surface area contributed by atoms with Crippen LogP contribution in [0.25, 0.3) is 0 Å². The quantitative estimate of drug-likeness (QED) is 0.785. The Morgan fingerprint density at radius 2 is 2.07 bits per heavy atom. The second-order valence-corrected chi connectivity index (χ2v) is 3.36. The van der Waals surface area contributed by atoms with Crippen LogP contribution in [0.15, 0.2) is 18.2 Å². The van der Waals surface area contributed by atoms with Gasteiger partial charge in [0.2, 0.25) is 5.91 Å². The second kappa shape index (κ2) is 4.59. The Bertz CT molecular complexity index is 399. The van der Waals surface area contributed by atoms with Gasteiger partial charge in [-0.05, 0) is 24.1 Å². The zero-order valence-electron chi connectivity index (χ0n) is 8.70. The van der Waals surface area contributed by atoms with Gasteiger partial charge in [-0.2, -0.15) is 0 Å². The van der Waals surface area contributed by atoms with E-state index < -0.39 is 5.97 Å². The molecule has 0 fully saturated rings. The Kier molecular flexibility index (Phi) is 3.44. The van der Waals surface area contributed by atoms with E-state index in [2.05, 4.69) is 5.32 Å². The first-order chi connectivity index (χ1) is 7.00. The third-order valence-electron chi connectivity index (χ3n) is 2.06. The number of aryl methyl sites for hydroxylation is 1. The fraction of sp³-hybridized carbons (Fsp3) is 0.273. The molecule has 0 spiro atoms. The third kappa shape index (κ3) is 3.09. The molecule has 0 heterocycles. The molecule has 0 atom stereocenters. The number of hydrogen-bond acceptors (Lipinski definition) is 2. The van der Waals surface area contributed by atoms with Crippen molar-refractivity contribution in [3.63, 3.8) is 0 Å². The van der Waals surface area contributed by atoms with E-state index >= 15 is 0 Å². The highest BCUT2D eigenvalue weighted by molar-refractivity contribution is 5.89. The number of carboxylic acid groups (broad SMARTS) is 1. The first-order valence-electron chi connectivity index (χ1n) is 4.58. The lowest BCUT2D eigenvalue weighted by atomic mass is 10.1. The van der Waals surface area contributed by atoms with Gasteiger partial charge in [-0.25, -0.2) is 4.79 Å². The molecule has 0 aliphatic carbocycles. The van der Waals surface area contributed by atoms with E-state index in [4.69, 9.17) is 5.11 Å². The smallest absolute Gasteiger partial charge is 0.335 e. The number of amides is 1. The van der Waals surface area contributed by atoms with Crippen molar-refractivity contribution in [2.24, 2.45) is 0 Å². The Morgan fingerprint density at radius 1 is 1.40 bits per heavy atom. The number of hydrogen-bond donors (Lipinski definition) is 2. The number of carboxylic acids is 1. The molecule has 0 saturated heterocycles. The Balaban J connectivity index is 2.82. The Morgan fingerprint density at radius 3 is 2.53 bits per heavy atom. The summed E-state index contributed by atoms with van der Waals surface area (Å²) in [6.07, 6.45) is 0. The molecule has 0 aromatic heterocycles. The van der Waals surface area contributed by atoms with Crippen molar-refractivity contribution < 1.29 is 14.7 Å². The summed E-state index contributed by atoms with van der Waals surface area (Å²) in [5.41, 5.74) is 1.89. The van der Waals surface area contributed by atoms with Crippen molar-refractivity contribution in [2.45, 2.75) is 20.4 Å². The maximum atomic E-state index is 10.7. The maximum absolute atomic E-state index is 10.7. The minimum Gasteiger partial charge on any atom is -0.478 e. The van der Waals surface area contributed by atoms with Crippen LogP contribution in [0, 0.1) is 6.92 Å². The van der Waals surface area contributed by atoms with E-state index in [0.29, 0.717) is 17.7 Å². The van der Waals surface area contributed by atoms with Crippen molar-refractivity contribution in [3.8, 4) is 0 Å². The lowest BCUT2D eigenvalue weighted by molar-refractivity contribution is -0.119. The highest BCUT2D eigenvalue weighted by atomic mass is 16.4. The zero-order valence-corrected chi connectivity index (χ0v) is 8.70. The molecule has 0 bridgehead atoms. The molecule has 1 aromatic carbocycles. The van der Waals surface area contributed by atoms with Crippen molar-refractivity contribution in [3.05, 3.63) is 34.9 Å². The van der Waals surface area contributed by atoms with Gasteiger partial charge in [0.15, 0.2) is 0 Å². The van der Waals surface area contributed by atoms with Gasteiger partial charge in [0.05, 0.1) is 5.56 Å². The first-order valence-corrected chi connectivity index (χ1v) is 4.58. The van der Waals surface area contributed by atoms with Gasteiger partial charge in [0, 0.05) is 13.5 Å². The highest BCUT2D eigenvalue weighted by Gasteiger charge is 2.06. The topological polar surface area (TPSA) is 66.4 Å². The summed E-state index contributed by atoms with van der Waals surface area (Å²) in [5.74, 6) is -1.03. The van der Waals surface area contributed by atoms with Gasteiger partial charge in [-0.15, -0.1) is 0 Å². The summed E-state index contributed by atoms with van der Waals surface area (Å²) in [6.45, 7) is 3.61. The fourth-order valence-corrected chi connectivity index (χ4v) is 1.30. The lowest BCUT2D eigenvalue weighted by Gasteiger charge is -2.05. The largest absolute Gasteiger partial charge is 0.478 e. The summed E-state index contributed by atoms with van der Waals surface area (Å²) in [7, 11) is 0. The predicted octanol–water partition coefficient (Wildman–Crippen LogP) is 1.33. The van der Waals surface area contributed by atoms with E-state index in [-0.39, 0.29) is 5.91 Å². The molecule has 1 amide bonds. The van der Waals surface area contributed by atoms with Gasteiger partial charge >= 0.3 is 5.97 Å². The number of carbonyl (C=O) groups is 2. The molecular formula is C11H13NO3. The summed E-state index contributed by atoms with van der Waals surface area (Å²) in [4.78, 5) is 21.4. The molecule has 80 valence electrons. The molecule has 0 aliphatic heterocycles. The molecule has 4 heteroatoms. The molecule has 1 aromatic rings. The standard InChI is InChI=1S/C11H13NO3/c1-7-5-9(6-12-8(2)13)3-4-10(7)11(14)15/h3-5H,6H2,1-2H3,(H,12,13)(H,14,15). The lowest BCUT2D eigenvalue weighted by Crippen LogP contribution is -2.19. The van der Waals surface area contributed by atoms with E-state index in [0.717, 1.165) is 5.56 Å². The Hall–Kier alpha value is -1.84. The Labute approximate surface area is 87.9 Å². The van der Waals surface area contributed by atoms with Crippen LogP contribution in [0.5, 0.6) is 0 Å². The van der Waals surface area contributed by atoms with Gasteiger partial charge in [-0.3, -0.25) is 4.79 Å². The van der Waals surface area contributed by atoms with Crippen LogP contribution >= 0.6 is 0 Å². The van der Waals surface area contributed by atoms with Crippen LogP contribution < -0.4 is 5.32 Å². The maximum Gasteiger partial charge on any atom is 0.335 e. The van der Waals surface area contributed by atoms with Crippen molar-refractivity contribution >= 4 is 11.9 Å². The average Bonchev–Trinajstić information content (AvgIpc) is 2.14. The molecule has 0 unspecified atom stereocenters. The predicted molar refractivity (Wildman–Crippen MR) is 55.7 cm³/mol. The van der Waals surface area contributed by atoms with Crippen LogP contribution in [0.3, 0.4) is 0 Å².